The van der Waals surface area contributed by atoms with Crippen LogP contribution >= 0.6 is 38.2 Å². The van der Waals surface area contributed by atoms with Gasteiger partial charge in [-0.2, -0.15) is 0 Å². The highest BCUT2D eigenvalue weighted by atomic mass is 79.9. The summed E-state index contributed by atoms with van der Waals surface area (Å²) in [5.41, 5.74) is 0.454. The SMILES string of the molecule is Cc1c(S(=O)(=O)Cl)cnc(Cl)c1Br. The fourth-order valence-electron chi connectivity index (χ4n) is 0.777. The molecule has 0 radical (unpaired) electrons. The van der Waals surface area contributed by atoms with Crippen LogP contribution in [0.3, 0.4) is 0 Å². The Bertz CT molecular complexity index is 446. The molecule has 0 bridgehead atoms. The third-order valence-corrected chi connectivity index (χ3v) is 4.36. The minimum Gasteiger partial charge on any atom is -0.242 e. The molecule has 3 nitrogen and oxygen atoms in total. The van der Waals surface area contributed by atoms with Gasteiger partial charge in [-0.25, -0.2) is 13.4 Å². The van der Waals surface area contributed by atoms with Crippen LogP contribution in [-0.2, 0) is 9.05 Å². The maximum absolute atomic E-state index is 11.0. The lowest BCUT2D eigenvalue weighted by molar-refractivity contribution is 0.608. The van der Waals surface area contributed by atoms with Gasteiger partial charge >= 0.3 is 0 Å². The van der Waals surface area contributed by atoms with Crippen molar-refractivity contribution in [3.63, 3.8) is 0 Å². The van der Waals surface area contributed by atoms with Crippen LogP contribution in [0.5, 0.6) is 0 Å². The number of halogens is 3. The van der Waals surface area contributed by atoms with E-state index < -0.39 is 9.05 Å². The van der Waals surface area contributed by atoms with E-state index in [9.17, 15) is 8.42 Å². The largest absolute Gasteiger partial charge is 0.263 e. The van der Waals surface area contributed by atoms with Gasteiger partial charge in [-0.05, 0) is 28.4 Å². The maximum atomic E-state index is 11.0. The quantitative estimate of drug-likeness (QED) is 0.592. The Morgan fingerprint density at radius 2 is 2.08 bits per heavy atom. The van der Waals surface area contributed by atoms with E-state index in [1.54, 1.807) is 6.92 Å². The highest BCUT2D eigenvalue weighted by molar-refractivity contribution is 9.10. The monoisotopic (exact) mass is 303 g/mol. The van der Waals surface area contributed by atoms with Crippen LogP contribution in [0, 0.1) is 6.92 Å². The van der Waals surface area contributed by atoms with Crippen molar-refractivity contribution in [1.82, 2.24) is 4.98 Å². The summed E-state index contributed by atoms with van der Waals surface area (Å²) < 4.78 is 22.4. The van der Waals surface area contributed by atoms with Crippen molar-refractivity contribution < 1.29 is 8.42 Å². The summed E-state index contributed by atoms with van der Waals surface area (Å²) in [6, 6.07) is 0. The van der Waals surface area contributed by atoms with Gasteiger partial charge in [0.15, 0.2) is 0 Å². The van der Waals surface area contributed by atoms with Gasteiger partial charge in [0.05, 0.1) is 4.47 Å². The van der Waals surface area contributed by atoms with Crippen molar-refractivity contribution in [2.45, 2.75) is 11.8 Å². The van der Waals surface area contributed by atoms with Crippen molar-refractivity contribution >= 4 is 47.3 Å². The van der Waals surface area contributed by atoms with Crippen molar-refractivity contribution in [1.29, 1.82) is 0 Å². The van der Waals surface area contributed by atoms with E-state index >= 15 is 0 Å². The van der Waals surface area contributed by atoms with Crippen molar-refractivity contribution in [3.8, 4) is 0 Å². The average Bonchev–Trinajstić information content (AvgIpc) is 1.98. The van der Waals surface area contributed by atoms with Gasteiger partial charge in [0, 0.05) is 16.9 Å². The number of nitrogens with zero attached hydrogens (tertiary/aromatic N) is 1. The molecule has 13 heavy (non-hydrogen) atoms. The fourth-order valence-corrected chi connectivity index (χ4v) is 2.53. The zero-order valence-electron chi connectivity index (χ0n) is 6.38. The minimum atomic E-state index is -3.75. The molecule has 0 spiro atoms. The molecule has 7 heteroatoms. The number of aromatic nitrogens is 1. The molecule has 0 fully saturated rings. The molecule has 1 heterocycles. The number of rotatable bonds is 1. The first-order valence-corrected chi connectivity index (χ1v) is 6.57. The van der Waals surface area contributed by atoms with Gasteiger partial charge in [-0.15, -0.1) is 0 Å². The summed E-state index contributed by atoms with van der Waals surface area (Å²) in [7, 11) is 1.40. The summed E-state index contributed by atoms with van der Waals surface area (Å²) in [5, 5.41) is 0.210. The number of pyridine rings is 1. The summed E-state index contributed by atoms with van der Waals surface area (Å²) in [4.78, 5) is 3.62. The van der Waals surface area contributed by atoms with Crippen LogP contribution in [0.2, 0.25) is 5.15 Å². The van der Waals surface area contributed by atoms with Gasteiger partial charge in [0.2, 0.25) is 0 Å². The Hall–Kier alpha value is 0.160. The zero-order chi connectivity index (χ0) is 10.2. The third-order valence-electron chi connectivity index (χ3n) is 1.44. The van der Waals surface area contributed by atoms with Gasteiger partial charge in [0.25, 0.3) is 9.05 Å². The molecule has 0 N–H and O–H groups in total. The topological polar surface area (TPSA) is 47.0 Å². The molecule has 0 unspecified atom stereocenters. The first kappa shape index (κ1) is 11.2. The molecule has 1 rings (SSSR count). The molecule has 0 atom stereocenters. The molecule has 0 aromatic carbocycles. The molecule has 0 amide bonds. The predicted molar refractivity (Wildman–Crippen MR) is 54.7 cm³/mol. The van der Waals surface area contributed by atoms with E-state index in [0.717, 1.165) is 6.20 Å². The van der Waals surface area contributed by atoms with Gasteiger partial charge < -0.3 is 0 Å². The van der Waals surface area contributed by atoms with Crippen LogP contribution < -0.4 is 0 Å². The highest BCUT2D eigenvalue weighted by Crippen LogP contribution is 2.29. The fraction of sp³-hybridized carbons (Fsp3) is 0.167. The Morgan fingerprint density at radius 1 is 1.54 bits per heavy atom. The van der Waals surface area contributed by atoms with Gasteiger partial charge in [-0.1, -0.05) is 11.6 Å². The van der Waals surface area contributed by atoms with E-state index in [4.69, 9.17) is 22.3 Å². The molecule has 1 aromatic rings. The van der Waals surface area contributed by atoms with E-state index in [1.807, 2.05) is 0 Å². The Balaban J connectivity index is 3.53. The van der Waals surface area contributed by atoms with Crippen LogP contribution in [0.4, 0.5) is 0 Å². The summed E-state index contributed by atoms with van der Waals surface area (Å²) >= 11 is 8.74. The predicted octanol–water partition coefficient (Wildman–Crippen LogP) is 2.73. The van der Waals surface area contributed by atoms with Crippen LogP contribution in [0.1, 0.15) is 5.56 Å². The van der Waals surface area contributed by atoms with E-state index in [1.165, 1.54) is 0 Å². The lowest BCUT2D eigenvalue weighted by Crippen LogP contribution is -1.97. The third kappa shape index (κ3) is 2.34. The van der Waals surface area contributed by atoms with Crippen LogP contribution in [-0.4, -0.2) is 13.4 Å². The smallest absolute Gasteiger partial charge is 0.242 e. The minimum absolute atomic E-state index is 0.0366. The summed E-state index contributed by atoms with van der Waals surface area (Å²) in [6.07, 6.45) is 1.13. The summed E-state index contributed by atoms with van der Waals surface area (Å²) in [5.74, 6) is 0. The van der Waals surface area contributed by atoms with Crippen molar-refractivity contribution in [3.05, 3.63) is 21.4 Å². The van der Waals surface area contributed by atoms with Crippen LogP contribution in [0.15, 0.2) is 15.6 Å². The summed E-state index contributed by atoms with van der Waals surface area (Å²) in [6.45, 7) is 1.59. The van der Waals surface area contributed by atoms with Crippen molar-refractivity contribution in [2.75, 3.05) is 0 Å². The van der Waals surface area contributed by atoms with Gasteiger partial charge in [-0.3, -0.25) is 0 Å². The lowest BCUT2D eigenvalue weighted by atomic mass is 10.3. The first-order chi connectivity index (χ1) is 5.84. The Labute approximate surface area is 93.6 Å². The molecule has 0 saturated heterocycles. The standard InChI is InChI=1S/C6H4BrCl2NO2S/c1-3-4(13(9,11)12)2-10-6(8)5(3)7/h2H,1H3. The average molecular weight is 305 g/mol. The molecule has 72 valence electrons. The molecule has 0 aliphatic rings. The highest BCUT2D eigenvalue weighted by Gasteiger charge is 2.17. The molecule has 0 aliphatic carbocycles. The molecule has 1 aromatic heterocycles. The Kier molecular flexibility index (Phi) is 3.22. The molecular weight excluding hydrogens is 301 g/mol. The van der Waals surface area contributed by atoms with Crippen molar-refractivity contribution in [2.24, 2.45) is 0 Å². The lowest BCUT2D eigenvalue weighted by Gasteiger charge is -2.04. The van der Waals surface area contributed by atoms with Gasteiger partial charge in [0.1, 0.15) is 10.0 Å². The molecule has 0 aliphatic heterocycles. The second-order valence-corrected chi connectivity index (χ2v) is 5.98. The molecule has 0 saturated carbocycles. The maximum Gasteiger partial charge on any atom is 0.263 e. The number of hydrogen-bond donors (Lipinski definition) is 0. The van der Waals surface area contributed by atoms with Crippen LogP contribution in [0.25, 0.3) is 0 Å². The van der Waals surface area contributed by atoms with E-state index in [0.29, 0.717) is 10.0 Å². The zero-order valence-corrected chi connectivity index (χ0v) is 10.3. The van der Waals surface area contributed by atoms with E-state index in [2.05, 4.69) is 20.9 Å². The first-order valence-electron chi connectivity index (χ1n) is 3.09. The Morgan fingerprint density at radius 3 is 2.54 bits per heavy atom. The number of hydrogen-bond acceptors (Lipinski definition) is 3. The molecular formula is C6H4BrCl2NO2S. The second-order valence-electron chi connectivity index (χ2n) is 2.29. The second kappa shape index (κ2) is 3.73. The normalized spacial score (nSPS) is 11.7. The van der Waals surface area contributed by atoms with E-state index in [-0.39, 0.29) is 10.0 Å².